The van der Waals surface area contributed by atoms with Gasteiger partial charge in [0, 0.05) is 58.1 Å². The molecule has 2 heterocycles. The third-order valence-corrected chi connectivity index (χ3v) is 5.25. The van der Waals surface area contributed by atoms with Gasteiger partial charge in [0.25, 0.3) is 0 Å². The van der Waals surface area contributed by atoms with Gasteiger partial charge in [-0.15, -0.1) is 24.0 Å². The number of benzene rings is 1. The smallest absolute Gasteiger partial charge is 0.193 e. The highest BCUT2D eigenvalue weighted by atomic mass is 127. The van der Waals surface area contributed by atoms with Crippen molar-refractivity contribution >= 4 is 35.6 Å². The maximum absolute atomic E-state index is 5.34. The van der Waals surface area contributed by atoms with Crippen LogP contribution in [0.3, 0.4) is 0 Å². The molecule has 1 aromatic carbocycles. The van der Waals surface area contributed by atoms with Gasteiger partial charge in [0.15, 0.2) is 5.96 Å². The average Bonchev–Trinajstić information content (AvgIpc) is 3.08. The molecule has 0 radical (unpaired) electrons. The molecule has 1 atom stereocenters. The molecular formula is C19H32IN5O. The van der Waals surface area contributed by atoms with E-state index >= 15 is 0 Å². The second-order valence-electron chi connectivity index (χ2n) is 7.02. The fraction of sp³-hybridized carbons (Fsp3) is 0.632. The third kappa shape index (κ3) is 5.39. The average molecular weight is 473 g/mol. The standard InChI is InChI=1S/C19H31N5O.HI/c1-20-19(21-14-16-7-8-22(2)15-16)24-11-9-23(10-12-24)17-5-4-6-18(13-17)25-3;/h4-6,13,16H,7-12,14-15H2,1-3H3,(H,20,21);1H. The minimum absolute atomic E-state index is 0. The SMILES string of the molecule is CN=C(NCC1CCN(C)C1)N1CCN(c2cccc(OC)c2)CC1.I. The number of nitrogens with zero attached hydrogens (tertiary/aromatic N) is 4. The maximum Gasteiger partial charge on any atom is 0.193 e. The molecular weight excluding hydrogens is 441 g/mol. The Labute approximate surface area is 174 Å². The van der Waals surface area contributed by atoms with E-state index in [1.807, 2.05) is 13.1 Å². The predicted molar refractivity (Wildman–Crippen MR) is 119 cm³/mol. The summed E-state index contributed by atoms with van der Waals surface area (Å²) >= 11 is 0. The molecule has 0 spiro atoms. The molecule has 0 aliphatic carbocycles. The molecule has 1 unspecified atom stereocenters. The van der Waals surface area contributed by atoms with Crippen LogP contribution in [0, 0.1) is 5.92 Å². The lowest BCUT2D eigenvalue weighted by molar-refractivity contribution is 0.363. The second-order valence-corrected chi connectivity index (χ2v) is 7.02. The van der Waals surface area contributed by atoms with Gasteiger partial charge < -0.3 is 24.8 Å². The van der Waals surface area contributed by atoms with Gasteiger partial charge in [0.2, 0.25) is 0 Å². The summed E-state index contributed by atoms with van der Waals surface area (Å²) in [6.07, 6.45) is 1.28. The number of halogens is 1. The first-order valence-corrected chi connectivity index (χ1v) is 9.22. The van der Waals surface area contributed by atoms with Crippen LogP contribution in [-0.2, 0) is 0 Å². The van der Waals surface area contributed by atoms with E-state index in [2.05, 4.69) is 50.3 Å². The summed E-state index contributed by atoms with van der Waals surface area (Å²) in [5.41, 5.74) is 1.23. The Morgan fingerprint density at radius 1 is 1.23 bits per heavy atom. The quantitative estimate of drug-likeness (QED) is 0.412. The Morgan fingerprint density at radius 3 is 2.62 bits per heavy atom. The Bertz CT molecular complexity index is 589. The van der Waals surface area contributed by atoms with Gasteiger partial charge in [-0.05, 0) is 38.1 Å². The van der Waals surface area contributed by atoms with Crippen molar-refractivity contribution in [3.63, 3.8) is 0 Å². The number of anilines is 1. The van der Waals surface area contributed by atoms with E-state index in [1.165, 1.54) is 25.2 Å². The van der Waals surface area contributed by atoms with Crippen LogP contribution in [0.25, 0.3) is 0 Å². The van der Waals surface area contributed by atoms with Gasteiger partial charge in [0.05, 0.1) is 7.11 Å². The van der Waals surface area contributed by atoms with Crippen molar-refractivity contribution in [1.82, 2.24) is 15.1 Å². The highest BCUT2D eigenvalue weighted by Crippen LogP contribution is 2.22. The molecule has 6 nitrogen and oxygen atoms in total. The van der Waals surface area contributed by atoms with Gasteiger partial charge in [-0.2, -0.15) is 0 Å². The van der Waals surface area contributed by atoms with Crippen molar-refractivity contribution in [3.05, 3.63) is 24.3 Å². The highest BCUT2D eigenvalue weighted by Gasteiger charge is 2.23. The molecule has 7 heteroatoms. The number of ether oxygens (including phenoxy) is 1. The first-order chi connectivity index (χ1) is 12.2. The maximum atomic E-state index is 5.34. The van der Waals surface area contributed by atoms with Crippen LogP contribution in [0.5, 0.6) is 5.75 Å². The van der Waals surface area contributed by atoms with E-state index in [9.17, 15) is 0 Å². The van der Waals surface area contributed by atoms with Crippen LogP contribution in [-0.4, -0.2) is 82.8 Å². The van der Waals surface area contributed by atoms with Crippen molar-refractivity contribution in [1.29, 1.82) is 0 Å². The van der Waals surface area contributed by atoms with Crippen LogP contribution in [0.4, 0.5) is 5.69 Å². The molecule has 1 aromatic rings. The highest BCUT2D eigenvalue weighted by molar-refractivity contribution is 14.0. The monoisotopic (exact) mass is 473 g/mol. The summed E-state index contributed by atoms with van der Waals surface area (Å²) in [7, 11) is 5.80. The molecule has 26 heavy (non-hydrogen) atoms. The second kappa shape index (κ2) is 10.2. The van der Waals surface area contributed by atoms with E-state index in [0.717, 1.165) is 50.4 Å². The van der Waals surface area contributed by atoms with E-state index in [-0.39, 0.29) is 24.0 Å². The summed E-state index contributed by atoms with van der Waals surface area (Å²) in [6, 6.07) is 8.31. The van der Waals surface area contributed by atoms with Crippen molar-refractivity contribution in [2.75, 3.05) is 71.9 Å². The summed E-state index contributed by atoms with van der Waals surface area (Å²) in [6.45, 7) is 7.40. The van der Waals surface area contributed by atoms with Crippen LogP contribution in [0.2, 0.25) is 0 Å². The normalized spacial score (nSPS) is 21.5. The number of methoxy groups -OCH3 is 1. The number of aliphatic imine (C=N–C) groups is 1. The molecule has 2 aliphatic heterocycles. The molecule has 2 fully saturated rings. The Morgan fingerprint density at radius 2 is 2.00 bits per heavy atom. The third-order valence-electron chi connectivity index (χ3n) is 5.25. The molecule has 2 aliphatic rings. The molecule has 0 aromatic heterocycles. The topological polar surface area (TPSA) is 43.3 Å². The predicted octanol–water partition coefficient (Wildman–Crippen LogP) is 1.96. The van der Waals surface area contributed by atoms with Crippen LogP contribution in [0.15, 0.2) is 29.3 Å². The van der Waals surface area contributed by atoms with Gasteiger partial charge >= 0.3 is 0 Å². The number of rotatable bonds is 4. The lowest BCUT2D eigenvalue weighted by atomic mass is 10.1. The molecule has 1 N–H and O–H groups in total. The molecule has 0 amide bonds. The molecule has 146 valence electrons. The molecule has 2 saturated heterocycles. The number of nitrogens with one attached hydrogen (secondary N) is 1. The van der Waals surface area contributed by atoms with Crippen molar-refractivity contribution in [3.8, 4) is 5.75 Å². The number of piperazine rings is 1. The van der Waals surface area contributed by atoms with Gasteiger partial charge in [0.1, 0.15) is 5.75 Å². The zero-order valence-electron chi connectivity index (χ0n) is 16.1. The summed E-state index contributed by atoms with van der Waals surface area (Å²) in [4.78, 5) is 11.7. The number of likely N-dealkylation sites (tertiary alicyclic amines) is 1. The Kier molecular flexibility index (Phi) is 8.27. The Hall–Kier alpha value is -1.22. The largest absolute Gasteiger partial charge is 0.497 e. The fourth-order valence-corrected chi connectivity index (χ4v) is 3.74. The minimum Gasteiger partial charge on any atom is -0.497 e. The van der Waals surface area contributed by atoms with Crippen molar-refractivity contribution < 1.29 is 4.74 Å². The summed E-state index contributed by atoms with van der Waals surface area (Å²) in [5, 5.41) is 3.59. The number of hydrogen-bond acceptors (Lipinski definition) is 4. The van der Waals surface area contributed by atoms with E-state index < -0.39 is 0 Å². The van der Waals surface area contributed by atoms with Gasteiger partial charge in [-0.1, -0.05) is 6.07 Å². The van der Waals surface area contributed by atoms with Gasteiger partial charge in [-0.25, -0.2) is 0 Å². The van der Waals surface area contributed by atoms with Crippen LogP contribution >= 0.6 is 24.0 Å². The lowest BCUT2D eigenvalue weighted by Crippen LogP contribution is -2.53. The Balaban J connectivity index is 0.00000243. The zero-order valence-corrected chi connectivity index (χ0v) is 18.5. The molecule has 0 saturated carbocycles. The summed E-state index contributed by atoms with van der Waals surface area (Å²) < 4.78 is 5.34. The lowest BCUT2D eigenvalue weighted by Gasteiger charge is -2.38. The van der Waals surface area contributed by atoms with E-state index in [4.69, 9.17) is 4.74 Å². The van der Waals surface area contributed by atoms with Gasteiger partial charge in [-0.3, -0.25) is 4.99 Å². The molecule has 0 bridgehead atoms. The van der Waals surface area contributed by atoms with E-state index in [1.54, 1.807) is 7.11 Å². The number of hydrogen-bond donors (Lipinski definition) is 1. The van der Waals surface area contributed by atoms with Crippen molar-refractivity contribution in [2.24, 2.45) is 10.9 Å². The first-order valence-electron chi connectivity index (χ1n) is 9.22. The fourth-order valence-electron chi connectivity index (χ4n) is 3.74. The zero-order chi connectivity index (χ0) is 17.6. The van der Waals surface area contributed by atoms with Crippen LogP contribution < -0.4 is 15.0 Å². The van der Waals surface area contributed by atoms with Crippen LogP contribution in [0.1, 0.15) is 6.42 Å². The first kappa shape index (κ1) is 21.1. The molecule has 3 rings (SSSR count). The minimum atomic E-state index is 0. The summed E-state index contributed by atoms with van der Waals surface area (Å²) in [5.74, 6) is 2.69. The van der Waals surface area contributed by atoms with Crippen molar-refractivity contribution in [2.45, 2.75) is 6.42 Å². The number of guanidine groups is 1. The van der Waals surface area contributed by atoms with E-state index in [0.29, 0.717) is 0 Å².